The lowest BCUT2D eigenvalue weighted by molar-refractivity contribution is 0.514. The van der Waals surface area contributed by atoms with Crippen molar-refractivity contribution < 1.29 is 0 Å². The van der Waals surface area contributed by atoms with Gasteiger partial charge >= 0.3 is 0 Å². The van der Waals surface area contributed by atoms with Crippen LogP contribution in [0.5, 0.6) is 0 Å². The van der Waals surface area contributed by atoms with Gasteiger partial charge in [-0.15, -0.1) is 11.8 Å². The van der Waals surface area contributed by atoms with Crippen LogP contribution >= 0.6 is 11.8 Å². The average molecular weight is 329 g/mol. The Labute approximate surface area is 147 Å². The van der Waals surface area contributed by atoms with Gasteiger partial charge in [0.1, 0.15) is 0 Å². The van der Waals surface area contributed by atoms with Crippen molar-refractivity contribution in [1.82, 2.24) is 0 Å². The molecule has 0 nitrogen and oxygen atoms in total. The van der Waals surface area contributed by atoms with E-state index in [9.17, 15) is 0 Å². The van der Waals surface area contributed by atoms with Crippen molar-refractivity contribution >= 4 is 11.8 Å². The molecule has 1 rings (SSSR count). The Hall–Kier alpha value is -1.21. The second kappa shape index (κ2) is 8.59. The lowest BCUT2D eigenvalue weighted by Crippen LogP contribution is -2.11. The standard InChI is InChI=1S/C22H32S/c1-9-13-19-18(12-4)15-23-21(19)20(22(6,7)8)14-16(5)17(10-2)11-3/h10-12,14H,2,5,9,13,15H2,1,3-4,6-8H3/b17-11-,18-12-,20-14-. The summed E-state index contributed by atoms with van der Waals surface area (Å²) in [6.45, 7) is 21.5. The van der Waals surface area contributed by atoms with Crippen molar-refractivity contribution in [2.45, 2.75) is 54.4 Å². The molecule has 0 aromatic carbocycles. The first-order valence-corrected chi connectivity index (χ1v) is 9.50. The van der Waals surface area contributed by atoms with Crippen molar-refractivity contribution in [3.8, 4) is 0 Å². The molecule has 0 saturated carbocycles. The van der Waals surface area contributed by atoms with Crippen LogP contribution in [0.15, 0.2) is 70.2 Å². The van der Waals surface area contributed by atoms with Crippen LogP contribution in [0.2, 0.25) is 0 Å². The zero-order valence-corrected chi connectivity index (χ0v) is 16.6. The molecule has 1 aliphatic rings. The van der Waals surface area contributed by atoms with Crippen LogP contribution in [-0.4, -0.2) is 5.75 Å². The fraction of sp³-hybridized carbons (Fsp3) is 0.455. The predicted octanol–water partition coefficient (Wildman–Crippen LogP) is 7.39. The van der Waals surface area contributed by atoms with Gasteiger partial charge in [-0.05, 0) is 53.5 Å². The van der Waals surface area contributed by atoms with Gasteiger partial charge in [0.15, 0.2) is 0 Å². The lowest BCUT2D eigenvalue weighted by atomic mass is 9.82. The Morgan fingerprint density at radius 3 is 2.35 bits per heavy atom. The maximum atomic E-state index is 4.27. The summed E-state index contributed by atoms with van der Waals surface area (Å²) in [6.07, 6.45) is 10.8. The van der Waals surface area contributed by atoms with Crippen LogP contribution in [0, 0.1) is 5.41 Å². The van der Waals surface area contributed by atoms with E-state index in [1.165, 1.54) is 28.0 Å². The third-order valence-corrected chi connectivity index (χ3v) is 5.37. The van der Waals surface area contributed by atoms with E-state index in [0.29, 0.717) is 0 Å². The molecule has 0 aromatic heterocycles. The fourth-order valence-corrected chi connectivity index (χ4v) is 4.38. The molecule has 0 unspecified atom stereocenters. The highest BCUT2D eigenvalue weighted by Gasteiger charge is 2.28. The van der Waals surface area contributed by atoms with E-state index >= 15 is 0 Å². The van der Waals surface area contributed by atoms with Crippen LogP contribution in [0.25, 0.3) is 0 Å². The molecule has 0 bridgehead atoms. The fourth-order valence-electron chi connectivity index (χ4n) is 2.81. The molecule has 0 saturated heterocycles. The summed E-state index contributed by atoms with van der Waals surface area (Å²) in [7, 11) is 0. The quantitative estimate of drug-likeness (QED) is 0.458. The molecule has 0 atom stereocenters. The SMILES string of the molecule is C=C/C(=C/C)C(=C)/C=C(C1=C(CCC)/C(=C\C)CS1)\C(C)(C)C. The van der Waals surface area contributed by atoms with Crippen LogP contribution in [-0.2, 0) is 0 Å². The van der Waals surface area contributed by atoms with Crippen LogP contribution < -0.4 is 0 Å². The van der Waals surface area contributed by atoms with Gasteiger partial charge in [-0.25, -0.2) is 0 Å². The van der Waals surface area contributed by atoms with E-state index in [1.807, 2.05) is 24.8 Å². The Balaban J connectivity index is 3.46. The van der Waals surface area contributed by atoms with E-state index in [-0.39, 0.29) is 5.41 Å². The van der Waals surface area contributed by atoms with Crippen molar-refractivity contribution in [2.24, 2.45) is 5.41 Å². The summed E-state index contributed by atoms with van der Waals surface area (Å²) < 4.78 is 0. The Kier molecular flexibility index (Phi) is 7.41. The number of allylic oxidation sites excluding steroid dienone is 8. The number of rotatable bonds is 6. The van der Waals surface area contributed by atoms with Gasteiger partial charge < -0.3 is 0 Å². The summed E-state index contributed by atoms with van der Waals surface area (Å²) in [6, 6.07) is 0. The molecule has 1 heterocycles. The molecule has 0 aliphatic carbocycles. The summed E-state index contributed by atoms with van der Waals surface area (Å²) in [4.78, 5) is 1.47. The third kappa shape index (κ3) is 4.88. The molecular weight excluding hydrogens is 296 g/mol. The highest BCUT2D eigenvalue weighted by atomic mass is 32.2. The van der Waals surface area contributed by atoms with Gasteiger partial charge in [-0.1, -0.05) is 71.6 Å². The van der Waals surface area contributed by atoms with Gasteiger partial charge in [0.05, 0.1) is 0 Å². The summed E-state index contributed by atoms with van der Waals surface area (Å²) in [5, 5.41) is 0. The minimum Gasteiger partial charge on any atom is -0.121 e. The Bertz CT molecular complexity index is 586. The van der Waals surface area contributed by atoms with Crippen LogP contribution in [0.1, 0.15) is 54.4 Å². The molecule has 0 spiro atoms. The smallest absolute Gasteiger partial charge is 0.0232 e. The van der Waals surface area contributed by atoms with Gasteiger partial charge in [0.25, 0.3) is 0 Å². The van der Waals surface area contributed by atoms with E-state index in [2.05, 4.69) is 66.0 Å². The molecule has 0 amide bonds. The zero-order chi connectivity index (χ0) is 17.6. The monoisotopic (exact) mass is 328 g/mol. The Morgan fingerprint density at radius 2 is 1.91 bits per heavy atom. The summed E-state index contributed by atoms with van der Waals surface area (Å²) in [5.41, 5.74) is 6.68. The van der Waals surface area contributed by atoms with Gasteiger partial charge in [0.2, 0.25) is 0 Å². The van der Waals surface area contributed by atoms with Crippen molar-refractivity contribution in [2.75, 3.05) is 5.75 Å². The maximum absolute atomic E-state index is 4.27. The first kappa shape index (κ1) is 19.8. The molecule has 126 valence electrons. The van der Waals surface area contributed by atoms with E-state index in [0.717, 1.165) is 23.3 Å². The average Bonchev–Trinajstić information content (AvgIpc) is 2.87. The first-order chi connectivity index (χ1) is 10.8. The lowest BCUT2D eigenvalue weighted by Gasteiger charge is -2.26. The first-order valence-electron chi connectivity index (χ1n) is 8.52. The highest BCUT2D eigenvalue weighted by Crippen LogP contribution is 2.47. The van der Waals surface area contributed by atoms with Gasteiger partial charge in [-0.3, -0.25) is 0 Å². The minimum atomic E-state index is 0.0908. The normalized spacial score (nSPS) is 18.8. The molecule has 0 aromatic rings. The highest BCUT2D eigenvalue weighted by molar-refractivity contribution is 8.03. The molecule has 1 aliphatic heterocycles. The molecule has 1 heteroatoms. The van der Waals surface area contributed by atoms with Gasteiger partial charge in [-0.2, -0.15) is 0 Å². The molecular formula is C22H32S. The topological polar surface area (TPSA) is 0 Å². The summed E-state index contributed by atoms with van der Waals surface area (Å²) in [5.74, 6) is 1.10. The number of hydrogen-bond donors (Lipinski definition) is 0. The number of hydrogen-bond acceptors (Lipinski definition) is 1. The van der Waals surface area contributed by atoms with Crippen molar-refractivity contribution in [3.63, 3.8) is 0 Å². The Morgan fingerprint density at radius 1 is 1.26 bits per heavy atom. The molecule has 0 N–H and O–H groups in total. The van der Waals surface area contributed by atoms with E-state index in [1.54, 1.807) is 0 Å². The second-order valence-electron chi connectivity index (χ2n) is 6.94. The van der Waals surface area contributed by atoms with Crippen LogP contribution in [0.4, 0.5) is 0 Å². The molecule has 23 heavy (non-hydrogen) atoms. The van der Waals surface area contributed by atoms with Crippen LogP contribution in [0.3, 0.4) is 0 Å². The minimum absolute atomic E-state index is 0.0908. The largest absolute Gasteiger partial charge is 0.121 e. The second-order valence-corrected chi connectivity index (χ2v) is 7.93. The van der Waals surface area contributed by atoms with Gasteiger partial charge in [0, 0.05) is 10.7 Å². The predicted molar refractivity (Wildman–Crippen MR) is 109 cm³/mol. The molecule has 0 fully saturated rings. The zero-order valence-electron chi connectivity index (χ0n) is 15.8. The van der Waals surface area contributed by atoms with E-state index in [4.69, 9.17) is 0 Å². The third-order valence-electron chi connectivity index (χ3n) is 4.16. The summed E-state index contributed by atoms with van der Waals surface area (Å²) >= 11 is 1.98. The molecule has 0 radical (unpaired) electrons. The van der Waals surface area contributed by atoms with Crippen molar-refractivity contribution in [1.29, 1.82) is 0 Å². The van der Waals surface area contributed by atoms with Crippen molar-refractivity contribution in [3.05, 3.63) is 70.2 Å². The maximum Gasteiger partial charge on any atom is 0.0232 e. The van der Waals surface area contributed by atoms with E-state index < -0.39 is 0 Å². The number of thioether (sulfide) groups is 1.